The number of nitriles is 2. The molecule has 0 aliphatic carbocycles. The van der Waals surface area contributed by atoms with E-state index in [0.29, 0.717) is 37.4 Å². The van der Waals surface area contributed by atoms with Crippen LogP contribution in [0.4, 0.5) is 11.4 Å². The largest absolute Gasteiger partial charge is 0.399 e. The molecule has 1 aromatic carbocycles. The van der Waals surface area contributed by atoms with Gasteiger partial charge in [-0.3, -0.25) is 0 Å². The fourth-order valence-corrected chi connectivity index (χ4v) is 1.66. The lowest BCUT2D eigenvalue weighted by Crippen LogP contribution is -2.28. The molecule has 94 valence electrons. The summed E-state index contributed by atoms with van der Waals surface area (Å²) in [5.41, 5.74) is 7.52. The highest BCUT2D eigenvalue weighted by molar-refractivity contribution is 5.64. The molecular formula is C13H16N4O. The Bertz CT molecular complexity index is 473. The molecule has 0 unspecified atom stereocenters. The molecule has 2 N–H and O–H groups in total. The van der Waals surface area contributed by atoms with Gasteiger partial charge in [0.15, 0.2) is 0 Å². The van der Waals surface area contributed by atoms with Gasteiger partial charge >= 0.3 is 0 Å². The minimum atomic E-state index is 0.402. The minimum absolute atomic E-state index is 0.402. The molecule has 0 atom stereocenters. The van der Waals surface area contributed by atoms with E-state index in [-0.39, 0.29) is 0 Å². The van der Waals surface area contributed by atoms with Gasteiger partial charge in [-0.25, -0.2) is 0 Å². The molecule has 0 heterocycles. The fourth-order valence-electron chi connectivity index (χ4n) is 1.66. The lowest BCUT2D eigenvalue weighted by atomic mass is 10.1. The molecule has 0 aliphatic heterocycles. The molecule has 0 fully saturated rings. The van der Waals surface area contributed by atoms with Gasteiger partial charge in [0.25, 0.3) is 0 Å². The molecule has 0 amide bonds. The van der Waals surface area contributed by atoms with Gasteiger partial charge in [-0.2, -0.15) is 10.5 Å². The maximum atomic E-state index is 9.11. The van der Waals surface area contributed by atoms with E-state index in [9.17, 15) is 0 Å². The van der Waals surface area contributed by atoms with E-state index >= 15 is 0 Å². The molecule has 0 bridgehead atoms. The van der Waals surface area contributed by atoms with Crippen molar-refractivity contribution in [1.82, 2.24) is 0 Å². The van der Waals surface area contributed by atoms with Crippen LogP contribution in [0, 0.1) is 22.7 Å². The zero-order chi connectivity index (χ0) is 13.4. The van der Waals surface area contributed by atoms with Crippen molar-refractivity contribution in [2.24, 2.45) is 0 Å². The lowest BCUT2D eigenvalue weighted by molar-refractivity contribution is 0.205. The average molecular weight is 244 g/mol. The summed E-state index contributed by atoms with van der Waals surface area (Å²) in [6, 6.07) is 9.43. The number of methoxy groups -OCH3 is 1. The Morgan fingerprint density at radius 1 is 1.33 bits per heavy atom. The number of hydrogen-bond donors (Lipinski definition) is 1. The van der Waals surface area contributed by atoms with Crippen molar-refractivity contribution in [1.29, 1.82) is 10.5 Å². The van der Waals surface area contributed by atoms with Crippen LogP contribution in [0.2, 0.25) is 0 Å². The van der Waals surface area contributed by atoms with Gasteiger partial charge in [-0.15, -0.1) is 0 Å². The third kappa shape index (κ3) is 3.65. The van der Waals surface area contributed by atoms with Crippen LogP contribution in [0.5, 0.6) is 0 Å². The Balaban J connectivity index is 2.97. The van der Waals surface area contributed by atoms with E-state index in [1.54, 1.807) is 25.3 Å². The summed E-state index contributed by atoms with van der Waals surface area (Å²) in [6.45, 7) is 1.75. The maximum Gasteiger partial charge on any atom is 0.101 e. The second kappa shape index (κ2) is 7.16. The average Bonchev–Trinajstić information content (AvgIpc) is 2.39. The standard InChI is InChI=1S/C13H16N4O/c1-18-8-7-17(6-2-5-14)13-4-3-12(16)9-11(13)10-15/h3-4,9H,2,6-8,16H2,1H3. The topological polar surface area (TPSA) is 86.1 Å². The fraction of sp³-hybridized carbons (Fsp3) is 0.385. The van der Waals surface area contributed by atoms with Gasteiger partial charge in [0.05, 0.1) is 30.3 Å². The molecular weight excluding hydrogens is 228 g/mol. The van der Waals surface area contributed by atoms with Crippen molar-refractivity contribution in [3.05, 3.63) is 23.8 Å². The molecule has 0 spiro atoms. The Kier molecular flexibility index (Phi) is 5.50. The van der Waals surface area contributed by atoms with Crippen molar-refractivity contribution >= 4 is 11.4 Å². The summed E-state index contributed by atoms with van der Waals surface area (Å²) >= 11 is 0. The SMILES string of the molecule is COCCN(CCC#N)c1ccc(N)cc1C#N. The Morgan fingerprint density at radius 3 is 2.72 bits per heavy atom. The predicted molar refractivity (Wildman–Crippen MR) is 69.9 cm³/mol. The highest BCUT2D eigenvalue weighted by atomic mass is 16.5. The molecule has 5 heteroatoms. The van der Waals surface area contributed by atoms with Crippen LogP contribution in [0.3, 0.4) is 0 Å². The van der Waals surface area contributed by atoms with Gasteiger partial charge < -0.3 is 15.4 Å². The van der Waals surface area contributed by atoms with Crippen molar-refractivity contribution in [3.8, 4) is 12.1 Å². The number of benzene rings is 1. The first-order chi connectivity index (χ1) is 8.72. The van der Waals surface area contributed by atoms with E-state index < -0.39 is 0 Å². The summed E-state index contributed by atoms with van der Waals surface area (Å²) in [7, 11) is 1.62. The number of nitrogen functional groups attached to an aromatic ring is 1. The molecule has 0 radical (unpaired) electrons. The number of nitrogens with two attached hydrogens (primary N) is 1. The summed E-state index contributed by atoms with van der Waals surface area (Å²) in [6.07, 6.45) is 0.402. The predicted octanol–water partition coefficient (Wildman–Crippen LogP) is 1.51. The second-order valence-electron chi connectivity index (χ2n) is 3.78. The Labute approximate surface area is 107 Å². The quantitative estimate of drug-likeness (QED) is 0.766. The number of hydrogen-bond acceptors (Lipinski definition) is 5. The van der Waals surface area contributed by atoms with Crippen LogP contribution in [0.15, 0.2) is 18.2 Å². The van der Waals surface area contributed by atoms with E-state index in [4.69, 9.17) is 21.0 Å². The third-order valence-corrected chi connectivity index (χ3v) is 2.54. The first kappa shape index (κ1) is 13.8. The maximum absolute atomic E-state index is 9.11. The van der Waals surface area contributed by atoms with Crippen LogP contribution in [0.25, 0.3) is 0 Å². The van der Waals surface area contributed by atoms with E-state index in [0.717, 1.165) is 5.69 Å². The first-order valence-corrected chi connectivity index (χ1v) is 5.63. The van der Waals surface area contributed by atoms with Gasteiger partial charge in [0, 0.05) is 25.9 Å². The lowest BCUT2D eigenvalue weighted by Gasteiger charge is -2.24. The number of ether oxygens (including phenoxy) is 1. The molecule has 18 heavy (non-hydrogen) atoms. The number of nitrogens with zero attached hydrogens (tertiary/aromatic N) is 3. The minimum Gasteiger partial charge on any atom is -0.399 e. The van der Waals surface area contributed by atoms with Gasteiger partial charge in [-0.05, 0) is 18.2 Å². The normalized spacial score (nSPS) is 9.50. The zero-order valence-electron chi connectivity index (χ0n) is 10.4. The highest BCUT2D eigenvalue weighted by Crippen LogP contribution is 2.22. The monoisotopic (exact) mass is 244 g/mol. The molecule has 5 nitrogen and oxygen atoms in total. The Morgan fingerprint density at radius 2 is 2.11 bits per heavy atom. The summed E-state index contributed by atoms with van der Waals surface area (Å²) in [5.74, 6) is 0. The summed E-state index contributed by atoms with van der Waals surface area (Å²) < 4.78 is 5.04. The van der Waals surface area contributed by atoms with Gasteiger partial charge in [0.1, 0.15) is 6.07 Å². The van der Waals surface area contributed by atoms with Crippen LogP contribution in [-0.4, -0.2) is 26.8 Å². The molecule has 0 aromatic heterocycles. The van der Waals surface area contributed by atoms with Gasteiger partial charge in [0.2, 0.25) is 0 Å². The van der Waals surface area contributed by atoms with Crippen molar-refractivity contribution in [3.63, 3.8) is 0 Å². The number of rotatable bonds is 6. The molecule has 1 rings (SSSR count). The van der Waals surface area contributed by atoms with Crippen molar-refractivity contribution < 1.29 is 4.74 Å². The summed E-state index contributed by atoms with van der Waals surface area (Å²) in [5, 5.41) is 17.8. The van der Waals surface area contributed by atoms with Crippen molar-refractivity contribution in [2.75, 3.05) is 37.4 Å². The van der Waals surface area contributed by atoms with E-state index in [1.807, 2.05) is 4.90 Å². The van der Waals surface area contributed by atoms with Crippen molar-refractivity contribution in [2.45, 2.75) is 6.42 Å². The first-order valence-electron chi connectivity index (χ1n) is 5.63. The molecule has 0 aliphatic rings. The second-order valence-corrected chi connectivity index (χ2v) is 3.78. The smallest absolute Gasteiger partial charge is 0.101 e. The van der Waals surface area contributed by atoms with Gasteiger partial charge in [-0.1, -0.05) is 0 Å². The molecule has 0 saturated carbocycles. The summed E-state index contributed by atoms with van der Waals surface area (Å²) in [4.78, 5) is 1.96. The molecule has 1 aromatic rings. The number of anilines is 2. The highest BCUT2D eigenvalue weighted by Gasteiger charge is 2.11. The Hall–Kier alpha value is -2.24. The van der Waals surface area contributed by atoms with E-state index in [1.165, 1.54) is 0 Å². The molecule has 0 saturated heterocycles. The van der Waals surface area contributed by atoms with Crippen LogP contribution < -0.4 is 10.6 Å². The third-order valence-electron chi connectivity index (χ3n) is 2.54. The van der Waals surface area contributed by atoms with Crippen LogP contribution >= 0.6 is 0 Å². The van der Waals surface area contributed by atoms with E-state index in [2.05, 4.69) is 12.1 Å². The van der Waals surface area contributed by atoms with Crippen LogP contribution in [0.1, 0.15) is 12.0 Å². The van der Waals surface area contributed by atoms with Crippen LogP contribution in [-0.2, 0) is 4.74 Å². The zero-order valence-corrected chi connectivity index (χ0v) is 10.4.